The third kappa shape index (κ3) is 3.90. The van der Waals surface area contributed by atoms with Crippen LogP contribution in [0.15, 0.2) is 48.9 Å². The molecule has 2 amide bonds. The standard InChI is InChI=1S/C25H25N9O2/c1-14-18(11-26-32(14)3)20-10-17(16-8-6-7-9-19(16)29-20)24(35)31-22-13-28-34(5)23(22)25(36)30-21-12-27-33(4)15(21)2/h6-13H,1-5H3,(H,30,36)(H,31,35). The first-order valence-corrected chi connectivity index (χ1v) is 11.3. The zero-order valence-electron chi connectivity index (χ0n) is 20.6. The van der Waals surface area contributed by atoms with Crippen LogP contribution in [0.2, 0.25) is 0 Å². The average molecular weight is 484 g/mol. The lowest BCUT2D eigenvalue weighted by atomic mass is 10.0. The van der Waals surface area contributed by atoms with Crippen molar-refractivity contribution in [2.24, 2.45) is 21.1 Å². The molecule has 0 bridgehead atoms. The minimum atomic E-state index is -0.410. The van der Waals surface area contributed by atoms with Gasteiger partial charge in [0.15, 0.2) is 0 Å². The number of fused-ring (bicyclic) bond motifs is 1. The highest BCUT2D eigenvalue weighted by Gasteiger charge is 2.22. The Kier molecular flexibility index (Phi) is 5.59. The Labute approximate surface area is 206 Å². The predicted molar refractivity (Wildman–Crippen MR) is 136 cm³/mol. The molecule has 0 saturated carbocycles. The van der Waals surface area contributed by atoms with Crippen LogP contribution >= 0.6 is 0 Å². The highest BCUT2D eigenvalue weighted by molar-refractivity contribution is 6.16. The lowest BCUT2D eigenvalue weighted by Crippen LogP contribution is -2.20. The minimum absolute atomic E-state index is 0.216. The fourth-order valence-electron chi connectivity index (χ4n) is 4.04. The molecule has 11 heteroatoms. The number of rotatable bonds is 5. The third-order valence-corrected chi connectivity index (χ3v) is 6.36. The van der Waals surface area contributed by atoms with E-state index in [9.17, 15) is 9.59 Å². The Bertz CT molecular complexity index is 1640. The van der Waals surface area contributed by atoms with Crippen molar-refractivity contribution in [3.8, 4) is 11.3 Å². The van der Waals surface area contributed by atoms with Crippen LogP contribution in [-0.4, -0.2) is 46.1 Å². The molecule has 182 valence electrons. The molecule has 4 heterocycles. The van der Waals surface area contributed by atoms with E-state index in [1.54, 1.807) is 41.9 Å². The van der Waals surface area contributed by atoms with Gasteiger partial charge in [0.25, 0.3) is 11.8 Å². The van der Waals surface area contributed by atoms with Crippen LogP contribution in [0.4, 0.5) is 11.4 Å². The molecular formula is C25H25N9O2. The maximum absolute atomic E-state index is 13.6. The van der Waals surface area contributed by atoms with E-state index in [0.717, 1.165) is 17.0 Å². The Balaban J connectivity index is 1.51. The predicted octanol–water partition coefficient (Wildman–Crippen LogP) is 3.22. The molecule has 4 aromatic heterocycles. The monoisotopic (exact) mass is 483 g/mol. The van der Waals surface area contributed by atoms with E-state index in [4.69, 9.17) is 4.98 Å². The second kappa shape index (κ2) is 8.77. The Morgan fingerprint density at radius 2 is 1.42 bits per heavy atom. The summed E-state index contributed by atoms with van der Waals surface area (Å²) in [5, 5.41) is 19.1. The zero-order valence-corrected chi connectivity index (χ0v) is 20.6. The van der Waals surface area contributed by atoms with Crippen LogP contribution in [-0.2, 0) is 21.1 Å². The molecular weight excluding hydrogens is 458 g/mol. The number of amides is 2. The second-order valence-corrected chi connectivity index (χ2v) is 8.55. The van der Waals surface area contributed by atoms with Crippen molar-refractivity contribution in [2.45, 2.75) is 13.8 Å². The molecule has 0 atom stereocenters. The lowest BCUT2D eigenvalue weighted by Gasteiger charge is -2.11. The normalized spacial score (nSPS) is 11.1. The topological polar surface area (TPSA) is 125 Å². The number of nitrogens with one attached hydrogen (secondary N) is 2. The van der Waals surface area contributed by atoms with Gasteiger partial charge in [0.05, 0.1) is 52.4 Å². The quantitative estimate of drug-likeness (QED) is 0.396. The van der Waals surface area contributed by atoms with Gasteiger partial charge in [-0.3, -0.25) is 23.6 Å². The van der Waals surface area contributed by atoms with Gasteiger partial charge in [-0.1, -0.05) is 18.2 Å². The van der Waals surface area contributed by atoms with Gasteiger partial charge in [0.2, 0.25) is 0 Å². The van der Waals surface area contributed by atoms with Crippen molar-refractivity contribution >= 4 is 34.1 Å². The van der Waals surface area contributed by atoms with Gasteiger partial charge in [-0.15, -0.1) is 0 Å². The lowest BCUT2D eigenvalue weighted by molar-refractivity contribution is 0.101. The molecule has 5 rings (SSSR count). The smallest absolute Gasteiger partial charge is 0.276 e. The number of hydrogen-bond donors (Lipinski definition) is 2. The third-order valence-electron chi connectivity index (χ3n) is 6.36. The number of nitrogens with zero attached hydrogens (tertiary/aromatic N) is 7. The van der Waals surface area contributed by atoms with Gasteiger partial charge < -0.3 is 10.6 Å². The van der Waals surface area contributed by atoms with E-state index in [-0.39, 0.29) is 11.6 Å². The summed E-state index contributed by atoms with van der Waals surface area (Å²) in [6.07, 6.45) is 4.77. The first-order chi connectivity index (χ1) is 17.2. The summed E-state index contributed by atoms with van der Waals surface area (Å²) in [7, 11) is 5.29. The van der Waals surface area contributed by atoms with E-state index in [2.05, 4.69) is 25.9 Å². The molecule has 0 spiro atoms. The number of pyridine rings is 1. The number of carbonyl (C=O) groups is 2. The van der Waals surface area contributed by atoms with Gasteiger partial charge in [-0.05, 0) is 26.0 Å². The average Bonchev–Trinajstić information content (AvgIpc) is 3.50. The van der Waals surface area contributed by atoms with E-state index >= 15 is 0 Å². The summed E-state index contributed by atoms with van der Waals surface area (Å²) in [6, 6.07) is 9.19. The van der Waals surface area contributed by atoms with Crippen molar-refractivity contribution in [1.82, 2.24) is 34.3 Å². The summed E-state index contributed by atoms with van der Waals surface area (Å²) < 4.78 is 4.85. The molecule has 5 aromatic rings. The molecule has 0 aliphatic heterocycles. The van der Waals surface area contributed by atoms with E-state index in [0.29, 0.717) is 33.5 Å². The van der Waals surface area contributed by atoms with Crippen molar-refractivity contribution in [3.63, 3.8) is 0 Å². The Hall–Kier alpha value is -4.80. The summed E-state index contributed by atoms with van der Waals surface area (Å²) in [5.41, 5.74) is 5.41. The Morgan fingerprint density at radius 1 is 0.778 bits per heavy atom. The summed E-state index contributed by atoms with van der Waals surface area (Å²) in [5.74, 6) is -0.788. The molecule has 1 aromatic carbocycles. The van der Waals surface area contributed by atoms with Gasteiger partial charge in [0.1, 0.15) is 5.69 Å². The first-order valence-electron chi connectivity index (χ1n) is 11.3. The highest BCUT2D eigenvalue weighted by atomic mass is 16.2. The van der Waals surface area contributed by atoms with Gasteiger partial charge >= 0.3 is 0 Å². The number of anilines is 2. The van der Waals surface area contributed by atoms with Crippen LogP contribution in [0.3, 0.4) is 0 Å². The molecule has 0 fully saturated rings. The first kappa shape index (κ1) is 23.0. The molecule has 0 unspecified atom stereocenters. The molecule has 36 heavy (non-hydrogen) atoms. The summed E-state index contributed by atoms with van der Waals surface area (Å²) in [4.78, 5) is 31.4. The Morgan fingerprint density at radius 3 is 2.11 bits per heavy atom. The van der Waals surface area contributed by atoms with Crippen LogP contribution in [0, 0.1) is 13.8 Å². The van der Waals surface area contributed by atoms with Gasteiger partial charge in [0, 0.05) is 37.8 Å². The van der Waals surface area contributed by atoms with Gasteiger partial charge in [-0.25, -0.2) is 4.98 Å². The van der Waals surface area contributed by atoms with Crippen LogP contribution in [0.1, 0.15) is 32.2 Å². The minimum Gasteiger partial charge on any atom is -0.319 e. The van der Waals surface area contributed by atoms with Crippen LogP contribution in [0.25, 0.3) is 22.2 Å². The molecule has 0 aliphatic rings. The molecule has 0 aliphatic carbocycles. The van der Waals surface area contributed by atoms with Crippen molar-refractivity contribution in [2.75, 3.05) is 10.6 Å². The molecule has 11 nitrogen and oxygen atoms in total. The van der Waals surface area contributed by atoms with Crippen LogP contribution < -0.4 is 10.6 Å². The molecule has 0 radical (unpaired) electrons. The largest absolute Gasteiger partial charge is 0.319 e. The maximum Gasteiger partial charge on any atom is 0.276 e. The van der Waals surface area contributed by atoms with E-state index in [1.807, 2.05) is 45.2 Å². The van der Waals surface area contributed by atoms with Crippen molar-refractivity contribution < 1.29 is 9.59 Å². The van der Waals surface area contributed by atoms with E-state index in [1.165, 1.54) is 10.9 Å². The van der Waals surface area contributed by atoms with Crippen molar-refractivity contribution in [3.05, 3.63) is 71.6 Å². The number of aryl methyl sites for hydroxylation is 3. The number of para-hydroxylation sites is 1. The van der Waals surface area contributed by atoms with Gasteiger partial charge in [-0.2, -0.15) is 15.3 Å². The summed E-state index contributed by atoms with van der Waals surface area (Å²) in [6.45, 7) is 3.80. The number of aromatic nitrogens is 7. The van der Waals surface area contributed by atoms with E-state index < -0.39 is 5.91 Å². The summed E-state index contributed by atoms with van der Waals surface area (Å²) >= 11 is 0. The highest BCUT2D eigenvalue weighted by Crippen LogP contribution is 2.28. The fourth-order valence-corrected chi connectivity index (χ4v) is 4.04. The molecule has 0 saturated heterocycles. The number of hydrogen-bond acceptors (Lipinski definition) is 6. The molecule has 2 N–H and O–H groups in total. The maximum atomic E-state index is 13.6. The fraction of sp³-hybridized carbons (Fsp3) is 0.200. The number of benzene rings is 1. The SMILES string of the molecule is Cc1c(NC(=O)c2c(NC(=O)c3cc(-c4cnn(C)c4C)nc4ccccc34)cnn2C)cnn1C. The number of carbonyl (C=O) groups excluding carboxylic acids is 2. The van der Waals surface area contributed by atoms with Crippen molar-refractivity contribution in [1.29, 1.82) is 0 Å². The van der Waals surface area contributed by atoms with Crippen LogP contribution in [0.5, 0.6) is 0 Å². The second-order valence-electron chi connectivity index (χ2n) is 8.55. The zero-order chi connectivity index (χ0) is 25.6.